The van der Waals surface area contributed by atoms with Crippen molar-refractivity contribution in [3.8, 4) is 5.75 Å². The fourth-order valence-electron chi connectivity index (χ4n) is 3.78. The molecule has 3 rings (SSSR count). The first-order valence-electron chi connectivity index (χ1n) is 11.8. The summed E-state index contributed by atoms with van der Waals surface area (Å²) in [6.45, 7) is 13.6. The van der Waals surface area contributed by atoms with Crippen LogP contribution in [-0.2, 0) is 9.59 Å². The lowest BCUT2D eigenvalue weighted by molar-refractivity contribution is -0.144. The van der Waals surface area contributed by atoms with Gasteiger partial charge in [-0.2, -0.15) is 0 Å². The van der Waals surface area contributed by atoms with Crippen LogP contribution in [0.25, 0.3) is 0 Å². The minimum atomic E-state index is -0.156. The predicted octanol–water partition coefficient (Wildman–Crippen LogP) is 3.57. The molecule has 2 saturated heterocycles. The molecule has 2 fully saturated rings. The van der Waals surface area contributed by atoms with E-state index in [1.54, 1.807) is 4.90 Å². The molecule has 2 aliphatic rings. The van der Waals surface area contributed by atoms with Gasteiger partial charge in [-0.3, -0.25) is 9.59 Å². The maximum Gasteiger partial charge on any atom is 0.242 e. The number of piperidine rings is 1. The second kappa shape index (κ2) is 12.7. The number of rotatable bonds is 6. The predicted molar refractivity (Wildman–Crippen MR) is 125 cm³/mol. The van der Waals surface area contributed by atoms with Crippen molar-refractivity contribution in [3.05, 3.63) is 30.3 Å². The largest absolute Gasteiger partial charge is 0.490 e. The first-order chi connectivity index (χ1) is 14.8. The van der Waals surface area contributed by atoms with Gasteiger partial charge in [-0.1, -0.05) is 52.8 Å². The summed E-state index contributed by atoms with van der Waals surface area (Å²) < 4.78 is 5.99. The van der Waals surface area contributed by atoms with Crippen molar-refractivity contribution in [3.63, 3.8) is 0 Å². The summed E-state index contributed by atoms with van der Waals surface area (Å²) in [6.07, 6.45) is 2.61. The van der Waals surface area contributed by atoms with E-state index in [2.05, 4.69) is 39.9 Å². The zero-order valence-electron chi connectivity index (χ0n) is 20.0. The third-order valence-electron chi connectivity index (χ3n) is 5.26. The number of likely N-dealkylation sites (tertiary alicyclic amines) is 1. The Bertz CT molecular complexity index is 667. The molecule has 1 N–H and O–H groups in total. The molecular weight excluding hydrogens is 390 g/mol. The summed E-state index contributed by atoms with van der Waals surface area (Å²) in [4.78, 5) is 28.9. The van der Waals surface area contributed by atoms with Crippen LogP contribution < -0.4 is 10.1 Å². The van der Waals surface area contributed by atoms with E-state index in [9.17, 15) is 9.59 Å². The number of benzene rings is 1. The number of hydrogen-bond acceptors (Lipinski definition) is 4. The van der Waals surface area contributed by atoms with Crippen molar-refractivity contribution in [1.29, 1.82) is 0 Å². The van der Waals surface area contributed by atoms with E-state index in [1.807, 2.05) is 35.2 Å². The zero-order chi connectivity index (χ0) is 22.8. The normalized spacial score (nSPS) is 20.0. The van der Waals surface area contributed by atoms with Gasteiger partial charge in [-0.15, -0.1) is 0 Å². The van der Waals surface area contributed by atoms with Crippen LogP contribution in [-0.4, -0.2) is 66.5 Å². The Morgan fingerprint density at radius 2 is 1.68 bits per heavy atom. The molecule has 2 heterocycles. The highest BCUT2D eigenvalue weighted by Crippen LogP contribution is 2.19. The summed E-state index contributed by atoms with van der Waals surface area (Å²) >= 11 is 0. The topological polar surface area (TPSA) is 61.9 Å². The number of carbonyl (C=O) groups excluding carboxylic acids is 2. The van der Waals surface area contributed by atoms with E-state index < -0.39 is 0 Å². The SMILES string of the molecule is CC(C)C.CC(C)CC1NCCN(CC(=O)N2CCC(Oc3ccccc3)CC2)C1=O. The maximum absolute atomic E-state index is 12.7. The summed E-state index contributed by atoms with van der Waals surface area (Å²) in [5.41, 5.74) is 0. The van der Waals surface area contributed by atoms with Crippen molar-refractivity contribution in [2.45, 2.75) is 66.0 Å². The molecule has 0 saturated carbocycles. The Morgan fingerprint density at radius 3 is 2.26 bits per heavy atom. The number of carbonyl (C=O) groups is 2. The number of amides is 2. The first-order valence-corrected chi connectivity index (χ1v) is 11.8. The Labute approximate surface area is 188 Å². The molecule has 1 aromatic rings. The van der Waals surface area contributed by atoms with Crippen LogP contribution in [0.2, 0.25) is 0 Å². The fourth-order valence-corrected chi connectivity index (χ4v) is 3.78. The van der Waals surface area contributed by atoms with Crippen LogP contribution in [0.5, 0.6) is 5.75 Å². The Hall–Kier alpha value is -2.08. The molecule has 1 unspecified atom stereocenters. The highest BCUT2D eigenvalue weighted by molar-refractivity contribution is 5.88. The third-order valence-corrected chi connectivity index (χ3v) is 5.26. The second-order valence-corrected chi connectivity index (χ2v) is 9.64. The summed E-state index contributed by atoms with van der Waals surface area (Å²) in [7, 11) is 0. The summed E-state index contributed by atoms with van der Waals surface area (Å²) in [5.74, 6) is 2.27. The van der Waals surface area contributed by atoms with Crippen LogP contribution in [0, 0.1) is 11.8 Å². The van der Waals surface area contributed by atoms with Crippen molar-refractivity contribution >= 4 is 11.8 Å². The van der Waals surface area contributed by atoms with Crippen LogP contribution >= 0.6 is 0 Å². The molecule has 0 aromatic heterocycles. The lowest BCUT2D eigenvalue weighted by Crippen LogP contribution is -2.58. The van der Waals surface area contributed by atoms with Crippen molar-refractivity contribution < 1.29 is 14.3 Å². The molecule has 0 radical (unpaired) electrons. The minimum Gasteiger partial charge on any atom is -0.490 e. The van der Waals surface area contributed by atoms with Gasteiger partial charge in [0, 0.05) is 39.0 Å². The van der Waals surface area contributed by atoms with Gasteiger partial charge in [0.15, 0.2) is 0 Å². The van der Waals surface area contributed by atoms with E-state index in [-0.39, 0.29) is 30.5 Å². The lowest BCUT2D eigenvalue weighted by atomic mass is 10.0. The molecular formula is C25H41N3O3. The molecule has 0 aliphatic carbocycles. The molecule has 6 heteroatoms. The standard InChI is InChI=1S/C21H31N3O3.C4H10/c1-16(2)14-19-21(26)24(13-10-22-19)15-20(25)23-11-8-18(9-12-23)27-17-6-4-3-5-7-17;1-4(2)3/h3-7,16,18-19,22H,8-15H2,1-2H3;4H,1-3H3. The number of nitrogens with zero attached hydrogens (tertiary/aromatic N) is 2. The fraction of sp³-hybridized carbons (Fsp3) is 0.680. The molecule has 1 aromatic carbocycles. The number of nitrogens with one attached hydrogen (secondary N) is 1. The highest BCUT2D eigenvalue weighted by Gasteiger charge is 2.32. The number of ether oxygens (including phenoxy) is 1. The highest BCUT2D eigenvalue weighted by atomic mass is 16.5. The van der Waals surface area contributed by atoms with Gasteiger partial charge in [0.1, 0.15) is 11.9 Å². The molecule has 2 amide bonds. The quantitative estimate of drug-likeness (QED) is 0.748. The minimum absolute atomic E-state index is 0.0479. The van der Waals surface area contributed by atoms with Crippen LogP contribution in [0.1, 0.15) is 53.9 Å². The molecule has 31 heavy (non-hydrogen) atoms. The third kappa shape index (κ3) is 8.90. The number of hydrogen-bond donors (Lipinski definition) is 1. The van der Waals surface area contributed by atoms with Crippen LogP contribution in [0.4, 0.5) is 0 Å². The van der Waals surface area contributed by atoms with E-state index in [0.717, 1.165) is 37.5 Å². The van der Waals surface area contributed by atoms with Crippen molar-refractivity contribution in [2.75, 3.05) is 32.7 Å². The van der Waals surface area contributed by atoms with Gasteiger partial charge in [-0.25, -0.2) is 0 Å². The Kier molecular flexibility index (Phi) is 10.3. The van der Waals surface area contributed by atoms with Gasteiger partial charge in [0.2, 0.25) is 11.8 Å². The van der Waals surface area contributed by atoms with Gasteiger partial charge in [0.05, 0.1) is 12.6 Å². The molecule has 6 nitrogen and oxygen atoms in total. The van der Waals surface area contributed by atoms with Gasteiger partial charge >= 0.3 is 0 Å². The molecule has 0 spiro atoms. The maximum atomic E-state index is 12.7. The molecule has 1 atom stereocenters. The smallest absolute Gasteiger partial charge is 0.242 e. The average molecular weight is 432 g/mol. The van der Waals surface area contributed by atoms with Crippen molar-refractivity contribution in [1.82, 2.24) is 15.1 Å². The summed E-state index contributed by atoms with van der Waals surface area (Å²) in [5, 5.41) is 3.28. The van der Waals surface area contributed by atoms with Crippen molar-refractivity contribution in [2.24, 2.45) is 11.8 Å². The lowest BCUT2D eigenvalue weighted by Gasteiger charge is -2.36. The van der Waals surface area contributed by atoms with E-state index in [1.165, 1.54) is 0 Å². The molecule has 174 valence electrons. The van der Waals surface area contributed by atoms with E-state index >= 15 is 0 Å². The Morgan fingerprint density at radius 1 is 1.06 bits per heavy atom. The second-order valence-electron chi connectivity index (χ2n) is 9.64. The van der Waals surface area contributed by atoms with E-state index in [4.69, 9.17) is 4.74 Å². The number of piperazine rings is 1. The van der Waals surface area contributed by atoms with E-state index in [0.29, 0.717) is 25.6 Å². The first kappa shape index (κ1) is 25.2. The monoisotopic (exact) mass is 431 g/mol. The van der Waals surface area contributed by atoms with Crippen LogP contribution in [0.15, 0.2) is 30.3 Å². The Balaban J connectivity index is 0.000000785. The van der Waals surface area contributed by atoms with Gasteiger partial charge in [-0.05, 0) is 30.4 Å². The van der Waals surface area contributed by atoms with Crippen LogP contribution in [0.3, 0.4) is 0 Å². The summed E-state index contributed by atoms with van der Waals surface area (Å²) in [6, 6.07) is 9.66. The van der Waals surface area contributed by atoms with Gasteiger partial charge in [0.25, 0.3) is 0 Å². The molecule has 2 aliphatic heterocycles. The van der Waals surface area contributed by atoms with Gasteiger partial charge < -0.3 is 19.9 Å². The number of para-hydroxylation sites is 1. The molecule has 0 bridgehead atoms. The zero-order valence-corrected chi connectivity index (χ0v) is 20.0. The average Bonchev–Trinajstić information content (AvgIpc) is 2.71.